The number of benzene rings is 1. The van der Waals surface area contributed by atoms with Crippen LogP contribution in [0.1, 0.15) is 0 Å². The molecule has 2 heterocycles. The van der Waals surface area contributed by atoms with Gasteiger partial charge in [-0.3, -0.25) is 0 Å². The zero-order valence-corrected chi connectivity index (χ0v) is 9.25. The standard InChI is InChI=1S/C10H7BrN4/c11-10-9(14-5-15-10)6-1-2-7-8(3-6)13-4-12-7/h1-5H,(H,12,13)(H,14,15). The van der Waals surface area contributed by atoms with Gasteiger partial charge in [0, 0.05) is 5.56 Å². The average molecular weight is 263 g/mol. The third-order valence-corrected chi connectivity index (χ3v) is 2.89. The molecule has 0 atom stereocenters. The van der Waals surface area contributed by atoms with Crippen molar-refractivity contribution in [2.24, 2.45) is 0 Å². The van der Waals surface area contributed by atoms with E-state index in [9.17, 15) is 0 Å². The Balaban J connectivity index is 2.23. The molecule has 2 aromatic heterocycles. The Morgan fingerprint density at radius 1 is 1.07 bits per heavy atom. The van der Waals surface area contributed by atoms with E-state index >= 15 is 0 Å². The van der Waals surface area contributed by atoms with E-state index in [1.54, 1.807) is 12.7 Å². The zero-order chi connectivity index (χ0) is 10.3. The highest BCUT2D eigenvalue weighted by atomic mass is 79.9. The molecule has 3 rings (SSSR count). The molecular weight excluding hydrogens is 256 g/mol. The van der Waals surface area contributed by atoms with Crippen LogP contribution >= 0.6 is 15.9 Å². The fraction of sp³-hybridized carbons (Fsp3) is 0. The SMILES string of the molecule is Brc1[nH]cnc1-c1ccc2nc[nH]c2c1. The van der Waals surface area contributed by atoms with E-state index in [1.165, 1.54) is 0 Å². The molecular formula is C10H7BrN4. The fourth-order valence-electron chi connectivity index (χ4n) is 1.56. The number of aromatic amines is 2. The van der Waals surface area contributed by atoms with Gasteiger partial charge in [0.15, 0.2) is 0 Å². The summed E-state index contributed by atoms with van der Waals surface area (Å²) in [6.07, 6.45) is 3.35. The van der Waals surface area contributed by atoms with Crippen molar-refractivity contribution >= 4 is 27.0 Å². The second kappa shape index (κ2) is 3.20. The van der Waals surface area contributed by atoms with Crippen molar-refractivity contribution in [3.63, 3.8) is 0 Å². The van der Waals surface area contributed by atoms with Crippen LogP contribution in [0.3, 0.4) is 0 Å². The van der Waals surface area contributed by atoms with Gasteiger partial charge < -0.3 is 9.97 Å². The van der Waals surface area contributed by atoms with E-state index in [2.05, 4.69) is 35.9 Å². The number of fused-ring (bicyclic) bond motifs is 1. The zero-order valence-electron chi connectivity index (χ0n) is 7.66. The van der Waals surface area contributed by atoms with Crippen LogP contribution < -0.4 is 0 Å². The van der Waals surface area contributed by atoms with Crippen LogP contribution in [-0.2, 0) is 0 Å². The second-order valence-corrected chi connectivity index (χ2v) is 3.99. The second-order valence-electron chi connectivity index (χ2n) is 3.20. The van der Waals surface area contributed by atoms with E-state index in [-0.39, 0.29) is 0 Å². The summed E-state index contributed by atoms with van der Waals surface area (Å²) in [7, 11) is 0. The minimum Gasteiger partial charge on any atom is -0.345 e. The first kappa shape index (κ1) is 8.67. The van der Waals surface area contributed by atoms with Gasteiger partial charge in [-0.2, -0.15) is 0 Å². The molecule has 0 bridgehead atoms. The van der Waals surface area contributed by atoms with Gasteiger partial charge >= 0.3 is 0 Å². The number of nitrogens with zero attached hydrogens (tertiary/aromatic N) is 2. The Morgan fingerprint density at radius 3 is 2.73 bits per heavy atom. The van der Waals surface area contributed by atoms with E-state index < -0.39 is 0 Å². The molecule has 0 aliphatic rings. The molecule has 0 spiro atoms. The van der Waals surface area contributed by atoms with Crippen molar-refractivity contribution in [3.05, 3.63) is 35.5 Å². The topological polar surface area (TPSA) is 57.4 Å². The molecule has 0 amide bonds. The van der Waals surface area contributed by atoms with Crippen LogP contribution in [0.5, 0.6) is 0 Å². The predicted molar refractivity (Wildman–Crippen MR) is 61.4 cm³/mol. The minimum absolute atomic E-state index is 0.890. The number of imidazole rings is 2. The van der Waals surface area contributed by atoms with Gasteiger partial charge in [-0.05, 0) is 28.1 Å². The molecule has 0 aliphatic heterocycles. The van der Waals surface area contributed by atoms with Gasteiger partial charge in [-0.25, -0.2) is 9.97 Å². The van der Waals surface area contributed by atoms with Crippen LogP contribution in [-0.4, -0.2) is 19.9 Å². The molecule has 0 fully saturated rings. The van der Waals surface area contributed by atoms with Gasteiger partial charge in [0.2, 0.25) is 0 Å². The molecule has 0 unspecified atom stereocenters. The maximum Gasteiger partial charge on any atom is 0.110 e. The first-order valence-electron chi connectivity index (χ1n) is 4.47. The maximum atomic E-state index is 4.24. The Labute approximate surface area is 93.9 Å². The van der Waals surface area contributed by atoms with Crippen molar-refractivity contribution in [2.45, 2.75) is 0 Å². The van der Waals surface area contributed by atoms with E-state index in [1.807, 2.05) is 18.2 Å². The predicted octanol–water partition coefficient (Wildman–Crippen LogP) is 2.72. The summed E-state index contributed by atoms with van der Waals surface area (Å²) in [5.41, 5.74) is 3.94. The highest BCUT2D eigenvalue weighted by Crippen LogP contribution is 2.26. The summed E-state index contributed by atoms with van der Waals surface area (Å²) >= 11 is 3.41. The van der Waals surface area contributed by atoms with Crippen molar-refractivity contribution < 1.29 is 0 Å². The lowest BCUT2D eigenvalue weighted by Crippen LogP contribution is -1.79. The molecule has 74 valence electrons. The Bertz CT molecular complexity index is 610. The Hall–Kier alpha value is -1.62. The van der Waals surface area contributed by atoms with Crippen molar-refractivity contribution in [2.75, 3.05) is 0 Å². The lowest BCUT2D eigenvalue weighted by molar-refractivity contribution is 1.30. The number of hydrogen-bond acceptors (Lipinski definition) is 2. The molecule has 2 N–H and O–H groups in total. The summed E-state index contributed by atoms with van der Waals surface area (Å²) in [6, 6.07) is 6.01. The molecule has 0 saturated carbocycles. The van der Waals surface area contributed by atoms with E-state index in [0.29, 0.717) is 0 Å². The minimum atomic E-state index is 0.890. The van der Waals surface area contributed by atoms with Crippen molar-refractivity contribution in [1.29, 1.82) is 0 Å². The summed E-state index contributed by atoms with van der Waals surface area (Å²) in [5, 5.41) is 0. The van der Waals surface area contributed by atoms with Crippen LogP contribution in [0.2, 0.25) is 0 Å². The highest BCUT2D eigenvalue weighted by Gasteiger charge is 2.06. The van der Waals surface area contributed by atoms with E-state index in [0.717, 1.165) is 26.9 Å². The van der Waals surface area contributed by atoms with Crippen LogP contribution in [0.25, 0.3) is 22.3 Å². The number of aromatic nitrogens is 4. The van der Waals surface area contributed by atoms with Crippen molar-refractivity contribution in [1.82, 2.24) is 19.9 Å². The van der Waals surface area contributed by atoms with Crippen LogP contribution in [0.4, 0.5) is 0 Å². The molecule has 0 aliphatic carbocycles. The quantitative estimate of drug-likeness (QED) is 0.709. The first-order valence-corrected chi connectivity index (χ1v) is 5.26. The largest absolute Gasteiger partial charge is 0.345 e. The third kappa shape index (κ3) is 1.35. The van der Waals surface area contributed by atoms with Crippen LogP contribution in [0.15, 0.2) is 35.5 Å². The average Bonchev–Trinajstić information content (AvgIpc) is 2.84. The Morgan fingerprint density at radius 2 is 1.93 bits per heavy atom. The summed E-state index contributed by atoms with van der Waals surface area (Å²) in [6.45, 7) is 0. The summed E-state index contributed by atoms with van der Waals surface area (Å²) in [5.74, 6) is 0. The number of H-pyrrole nitrogens is 2. The molecule has 0 radical (unpaired) electrons. The maximum absolute atomic E-state index is 4.24. The van der Waals surface area contributed by atoms with Gasteiger partial charge in [-0.1, -0.05) is 6.07 Å². The lowest BCUT2D eigenvalue weighted by atomic mass is 10.1. The third-order valence-electron chi connectivity index (χ3n) is 2.29. The summed E-state index contributed by atoms with van der Waals surface area (Å²) < 4.78 is 0.890. The van der Waals surface area contributed by atoms with Crippen molar-refractivity contribution in [3.8, 4) is 11.3 Å². The van der Waals surface area contributed by atoms with Gasteiger partial charge in [0.05, 0.1) is 23.7 Å². The lowest BCUT2D eigenvalue weighted by Gasteiger charge is -1.97. The number of rotatable bonds is 1. The van der Waals surface area contributed by atoms with Crippen LogP contribution in [0, 0.1) is 0 Å². The molecule has 15 heavy (non-hydrogen) atoms. The number of hydrogen-bond donors (Lipinski definition) is 2. The molecule has 5 heteroatoms. The van der Waals surface area contributed by atoms with E-state index in [4.69, 9.17) is 0 Å². The summed E-state index contributed by atoms with van der Waals surface area (Å²) in [4.78, 5) is 14.5. The molecule has 1 aromatic carbocycles. The normalized spacial score (nSPS) is 11.0. The highest BCUT2D eigenvalue weighted by molar-refractivity contribution is 9.10. The molecule has 4 nitrogen and oxygen atoms in total. The number of nitrogens with one attached hydrogen (secondary N) is 2. The molecule has 3 aromatic rings. The smallest absolute Gasteiger partial charge is 0.110 e. The van der Waals surface area contributed by atoms with Gasteiger partial charge in [-0.15, -0.1) is 0 Å². The monoisotopic (exact) mass is 262 g/mol. The first-order chi connectivity index (χ1) is 7.34. The van der Waals surface area contributed by atoms with Gasteiger partial charge in [0.1, 0.15) is 10.3 Å². The fourth-order valence-corrected chi connectivity index (χ4v) is 2.00. The van der Waals surface area contributed by atoms with Gasteiger partial charge in [0.25, 0.3) is 0 Å². The molecule has 0 saturated heterocycles. The Kier molecular flexibility index (Phi) is 1.85. The number of halogens is 1.